The molecular formula is C26H32Cl2IPS3. The lowest BCUT2D eigenvalue weighted by Gasteiger charge is -2.16. The van der Waals surface area contributed by atoms with Gasteiger partial charge in [0.2, 0.25) is 0 Å². The maximum absolute atomic E-state index is 5.83. The number of hydrogen-bond acceptors (Lipinski definition) is 3. The summed E-state index contributed by atoms with van der Waals surface area (Å²) < 4.78 is 0.445. The summed E-state index contributed by atoms with van der Waals surface area (Å²) in [6.07, 6.45) is 0. The van der Waals surface area contributed by atoms with Crippen LogP contribution in [0.4, 0.5) is 0 Å². The minimum atomic E-state index is -0.320. The molecule has 7 heteroatoms. The molecule has 0 aliphatic rings. The van der Waals surface area contributed by atoms with E-state index in [0.29, 0.717) is 10.7 Å². The molecule has 0 spiro atoms. The number of hydrogen-bond donors (Lipinski definition) is 0. The van der Waals surface area contributed by atoms with Gasteiger partial charge in [-0.1, -0.05) is 150 Å². The first-order valence-electron chi connectivity index (χ1n) is 10.5. The monoisotopic (exact) mass is 668 g/mol. The van der Waals surface area contributed by atoms with Crippen LogP contribution in [0.5, 0.6) is 0 Å². The van der Waals surface area contributed by atoms with E-state index in [-0.39, 0.29) is 7.92 Å². The molecule has 3 rings (SSSR count). The van der Waals surface area contributed by atoms with Gasteiger partial charge in [0.25, 0.3) is 0 Å². The molecule has 0 saturated carbocycles. The second-order valence-corrected chi connectivity index (χ2v) is 15.8. The lowest BCUT2D eigenvalue weighted by Crippen LogP contribution is -2.12. The van der Waals surface area contributed by atoms with Gasteiger partial charge in [-0.05, 0) is 72.6 Å². The molecule has 0 bridgehead atoms. The molecule has 3 aromatic carbocycles. The zero-order chi connectivity index (χ0) is 24.5. The van der Waals surface area contributed by atoms with Crippen LogP contribution in [0.2, 0.25) is 0 Å². The Bertz CT molecular complexity index is 810. The van der Waals surface area contributed by atoms with Crippen LogP contribution in [0.15, 0.2) is 91.0 Å². The van der Waals surface area contributed by atoms with Crippen LogP contribution in [-0.4, -0.2) is 16.0 Å². The molecule has 0 aliphatic heterocycles. The van der Waals surface area contributed by atoms with Crippen molar-refractivity contribution in [3.8, 4) is 0 Å². The molecule has 0 aromatic heterocycles. The Morgan fingerprint density at radius 3 is 1.48 bits per heavy atom. The van der Waals surface area contributed by atoms with E-state index in [2.05, 4.69) is 134 Å². The van der Waals surface area contributed by atoms with Gasteiger partial charge in [0.15, 0.2) is 0 Å². The predicted octanol–water partition coefficient (Wildman–Crippen LogP) is 10.5. The highest BCUT2D eigenvalue weighted by molar-refractivity contribution is 14.2. The fourth-order valence-corrected chi connectivity index (χ4v) is 7.31. The number of benzene rings is 3. The summed E-state index contributed by atoms with van der Waals surface area (Å²) in [5.41, 5.74) is 2.32. The predicted molar refractivity (Wildman–Crippen MR) is 172 cm³/mol. The average Bonchev–Trinajstić information content (AvgIpc) is 2.85. The molecule has 1 unspecified atom stereocenters. The zero-order valence-electron chi connectivity index (χ0n) is 19.5. The molecule has 0 aliphatic carbocycles. The third kappa shape index (κ3) is 14.6. The minimum absolute atomic E-state index is 0.320. The number of halogens is 3. The van der Waals surface area contributed by atoms with E-state index >= 15 is 0 Å². The van der Waals surface area contributed by atoms with Crippen LogP contribution in [0, 0.1) is 0 Å². The van der Waals surface area contributed by atoms with Crippen molar-refractivity contribution in [3.05, 3.63) is 96.6 Å². The Morgan fingerprint density at radius 2 is 1.15 bits per heavy atom. The Hall–Kier alpha value is 0.450. The van der Waals surface area contributed by atoms with Crippen molar-refractivity contribution in [1.82, 2.24) is 0 Å². The smallest absolute Gasteiger partial charge is 0.0369 e. The second kappa shape index (κ2) is 18.7. The van der Waals surface area contributed by atoms with Crippen LogP contribution in [0.1, 0.15) is 39.2 Å². The van der Waals surface area contributed by atoms with E-state index in [1.165, 1.54) is 38.1 Å². The van der Waals surface area contributed by atoms with Crippen LogP contribution >= 0.6 is 81.4 Å². The van der Waals surface area contributed by atoms with Gasteiger partial charge in [-0.2, -0.15) is 0 Å². The fraction of sp³-hybridized carbons (Fsp3) is 0.308. The van der Waals surface area contributed by atoms with Crippen LogP contribution in [-0.2, 0) is 0 Å². The third-order valence-electron chi connectivity index (χ3n) is 4.23. The Morgan fingerprint density at radius 1 is 0.758 bits per heavy atom. The van der Waals surface area contributed by atoms with Crippen molar-refractivity contribution in [2.24, 2.45) is 0 Å². The summed E-state index contributed by atoms with van der Waals surface area (Å²) in [7, 11) is 15.7. The van der Waals surface area contributed by atoms with Crippen molar-refractivity contribution < 1.29 is 0 Å². The van der Waals surface area contributed by atoms with E-state index in [9.17, 15) is 0 Å². The van der Waals surface area contributed by atoms with E-state index < -0.39 is 0 Å². The number of rotatable bonds is 7. The largest absolute Gasteiger partial charge is 0.0834 e. The summed E-state index contributed by atoms with van der Waals surface area (Å²) in [5.74, 6) is 1.53. The highest BCUT2D eigenvalue weighted by Crippen LogP contribution is 2.38. The Balaban J connectivity index is 0.000000278. The first-order chi connectivity index (χ1) is 15.8. The Labute approximate surface area is 236 Å². The van der Waals surface area contributed by atoms with Crippen LogP contribution < -0.4 is 10.6 Å². The molecule has 1 atom stereocenters. The lowest BCUT2D eigenvalue weighted by molar-refractivity contribution is 0.811. The van der Waals surface area contributed by atoms with Crippen LogP contribution in [0.25, 0.3) is 0 Å². The van der Waals surface area contributed by atoms with E-state index in [0.717, 1.165) is 11.2 Å². The second-order valence-electron chi connectivity index (χ2n) is 8.11. The molecule has 0 N–H and O–H groups in total. The van der Waals surface area contributed by atoms with Gasteiger partial charge in [0.05, 0.1) is 0 Å². The SMILES string of the molecule is CC(C)(C)SI.CC(CSCl)c1ccccc1.ClSCP(c1ccccc1)c1ccccc1. The summed E-state index contributed by atoms with van der Waals surface area (Å²) in [4.78, 5) is 0. The highest BCUT2D eigenvalue weighted by atomic mass is 127. The summed E-state index contributed by atoms with van der Waals surface area (Å²) in [5, 5.41) is 2.77. The van der Waals surface area contributed by atoms with Crippen molar-refractivity contribution in [3.63, 3.8) is 0 Å². The Kier molecular flexibility index (Phi) is 17.8. The van der Waals surface area contributed by atoms with Crippen molar-refractivity contribution >= 4 is 92.0 Å². The van der Waals surface area contributed by atoms with Gasteiger partial charge in [-0.25, -0.2) is 0 Å². The molecule has 0 amide bonds. The van der Waals surface area contributed by atoms with Crippen molar-refractivity contribution in [1.29, 1.82) is 0 Å². The molecule has 33 heavy (non-hydrogen) atoms. The van der Waals surface area contributed by atoms with Gasteiger partial charge in [0.1, 0.15) is 0 Å². The minimum Gasteiger partial charge on any atom is -0.0834 e. The molecule has 0 radical (unpaired) electrons. The maximum atomic E-state index is 5.83. The fourth-order valence-electron chi connectivity index (χ4n) is 2.54. The third-order valence-corrected chi connectivity index (χ3v) is 13.8. The van der Waals surface area contributed by atoms with Gasteiger partial charge in [-0.3, -0.25) is 0 Å². The summed E-state index contributed by atoms with van der Waals surface area (Å²) >= 11 is 2.31. The molecule has 3 aromatic rings. The molecule has 0 nitrogen and oxygen atoms in total. The van der Waals surface area contributed by atoms with Gasteiger partial charge in [-0.15, -0.1) is 0 Å². The molecule has 0 heterocycles. The maximum Gasteiger partial charge on any atom is 0.0369 e. The van der Waals surface area contributed by atoms with Crippen molar-refractivity contribution in [2.75, 3.05) is 11.2 Å². The average molecular weight is 670 g/mol. The normalized spacial score (nSPS) is 11.6. The first-order valence-corrected chi connectivity index (χ1v) is 19.0. The van der Waals surface area contributed by atoms with E-state index in [1.54, 1.807) is 0 Å². The highest BCUT2D eigenvalue weighted by Gasteiger charge is 2.12. The molecular weight excluding hydrogens is 637 g/mol. The van der Waals surface area contributed by atoms with Crippen molar-refractivity contribution in [2.45, 2.75) is 38.4 Å². The van der Waals surface area contributed by atoms with Crippen LogP contribution in [0.3, 0.4) is 0 Å². The first kappa shape index (κ1) is 31.5. The molecule has 0 fully saturated rings. The molecule has 180 valence electrons. The van der Waals surface area contributed by atoms with Gasteiger partial charge in [0, 0.05) is 16.0 Å². The van der Waals surface area contributed by atoms with Gasteiger partial charge < -0.3 is 0 Å². The zero-order valence-corrected chi connectivity index (χ0v) is 26.5. The standard InChI is InChI=1S/C13H12ClPS.C9H11ClS.C4H9IS/c14-16-11-15(12-7-3-1-4-8-12)13-9-5-2-6-10-13;1-8(7-11-10)9-5-3-2-4-6-9;1-4(2,3)6-5/h1-10H,11H2;2-6,8H,7H2,1H3;1-3H3. The lowest BCUT2D eigenvalue weighted by atomic mass is 10.0. The topological polar surface area (TPSA) is 0 Å². The summed E-state index contributed by atoms with van der Waals surface area (Å²) in [6.45, 7) is 8.78. The quantitative estimate of drug-likeness (QED) is 0.182. The van der Waals surface area contributed by atoms with Gasteiger partial charge >= 0.3 is 0 Å². The van der Waals surface area contributed by atoms with E-state index in [4.69, 9.17) is 21.4 Å². The summed E-state index contributed by atoms with van der Waals surface area (Å²) in [6, 6.07) is 31.6. The molecule has 0 saturated heterocycles. The van der Waals surface area contributed by atoms with E-state index in [1.807, 2.05) is 15.0 Å².